The Balaban J connectivity index is 2.81. The van der Waals surface area contributed by atoms with E-state index in [-0.39, 0.29) is 0 Å². The number of benzene rings is 2. The van der Waals surface area contributed by atoms with Gasteiger partial charge in [0.1, 0.15) is 0 Å². The molecule has 2 nitrogen and oxygen atoms in total. The van der Waals surface area contributed by atoms with E-state index < -0.39 is 0 Å². The lowest BCUT2D eigenvalue weighted by Gasteiger charge is -2.16. The van der Waals surface area contributed by atoms with E-state index in [9.17, 15) is 0 Å². The summed E-state index contributed by atoms with van der Waals surface area (Å²) < 4.78 is 0. The van der Waals surface area contributed by atoms with Crippen LogP contribution in [0.3, 0.4) is 0 Å². The number of hydrogen-bond acceptors (Lipinski definition) is 3. The smallest absolute Gasteiger partial charge is 0.0819 e. The first kappa shape index (κ1) is 10.8. The van der Waals surface area contributed by atoms with Crippen molar-refractivity contribution >= 4 is 39.5 Å². The molecular weight excluding hydrogens is 216 g/mol. The molecule has 0 bridgehead atoms. The molecule has 0 heterocycles. The molecule has 2 rings (SSSR count). The Morgan fingerprint density at radius 1 is 1.06 bits per heavy atom. The first-order valence-electron chi connectivity index (χ1n) is 5.01. The second kappa shape index (κ2) is 4.44. The molecule has 2 aromatic carbocycles. The van der Waals surface area contributed by atoms with E-state index in [0.717, 1.165) is 11.1 Å². The van der Waals surface area contributed by atoms with Gasteiger partial charge in [0.15, 0.2) is 0 Å². The lowest BCUT2D eigenvalue weighted by atomic mass is 10.1. The van der Waals surface area contributed by atoms with Crippen molar-refractivity contribution in [2.24, 2.45) is 4.99 Å². The maximum atomic E-state index is 4.65. The molecule has 0 unspecified atom stereocenters. The van der Waals surface area contributed by atoms with Gasteiger partial charge in [0.05, 0.1) is 10.8 Å². The Morgan fingerprint density at radius 2 is 1.75 bits per heavy atom. The van der Waals surface area contributed by atoms with Crippen LogP contribution >= 0.6 is 12.2 Å². The van der Waals surface area contributed by atoms with Crippen molar-refractivity contribution in [2.45, 2.75) is 0 Å². The third-order valence-electron chi connectivity index (χ3n) is 2.53. The summed E-state index contributed by atoms with van der Waals surface area (Å²) >= 11 is 4.65. The number of isothiocyanates is 1. The van der Waals surface area contributed by atoms with Crippen molar-refractivity contribution in [1.82, 2.24) is 0 Å². The van der Waals surface area contributed by atoms with E-state index in [0.29, 0.717) is 0 Å². The van der Waals surface area contributed by atoms with E-state index in [1.54, 1.807) is 0 Å². The molecule has 0 spiro atoms. The molecule has 0 aliphatic heterocycles. The largest absolute Gasteiger partial charge is 0.377 e. The van der Waals surface area contributed by atoms with Crippen molar-refractivity contribution < 1.29 is 0 Å². The quantitative estimate of drug-likeness (QED) is 0.576. The van der Waals surface area contributed by atoms with Gasteiger partial charge in [-0.15, -0.1) is 0 Å². The van der Waals surface area contributed by atoms with Gasteiger partial charge in [0.25, 0.3) is 0 Å². The van der Waals surface area contributed by atoms with Crippen LogP contribution in [0.2, 0.25) is 0 Å². The fourth-order valence-corrected chi connectivity index (χ4v) is 1.90. The highest BCUT2D eigenvalue weighted by atomic mass is 32.1. The van der Waals surface area contributed by atoms with Crippen molar-refractivity contribution in [3.8, 4) is 0 Å². The van der Waals surface area contributed by atoms with Gasteiger partial charge in [-0.25, -0.2) is 0 Å². The van der Waals surface area contributed by atoms with E-state index in [4.69, 9.17) is 0 Å². The number of rotatable bonds is 2. The summed E-state index contributed by atoms with van der Waals surface area (Å²) in [6.07, 6.45) is 0. The van der Waals surface area contributed by atoms with Crippen LogP contribution in [-0.4, -0.2) is 19.3 Å². The van der Waals surface area contributed by atoms with E-state index in [1.807, 2.05) is 44.4 Å². The zero-order valence-corrected chi connectivity index (χ0v) is 10.1. The Labute approximate surface area is 100 Å². The van der Waals surface area contributed by atoms with Crippen LogP contribution in [0.25, 0.3) is 10.8 Å². The van der Waals surface area contributed by atoms with Gasteiger partial charge in [-0.1, -0.05) is 24.3 Å². The monoisotopic (exact) mass is 228 g/mol. The van der Waals surface area contributed by atoms with Gasteiger partial charge < -0.3 is 4.90 Å². The minimum atomic E-state index is 0.871. The summed E-state index contributed by atoms with van der Waals surface area (Å²) in [5.41, 5.74) is 2.05. The first-order valence-corrected chi connectivity index (χ1v) is 5.42. The highest BCUT2D eigenvalue weighted by molar-refractivity contribution is 7.78. The van der Waals surface area contributed by atoms with Gasteiger partial charge in [-0.3, -0.25) is 0 Å². The van der Waals surface area contributed by atoms with Crippen LogP contribution in [0.4, 0.5) is 11.4 Å². The van der Waals surface area contributed by atoms with Crippen LogP contribution in [0.5, 0.6) is 0 Å². The maximum absolute atomic E-state index is 4.65. The third kappa shape index (κ3) is 1.83. The van der Waals surface area contributed by atoms with Gasteiger partial charge in [-0.05, 0) is 24.4 Å². The Hall–Kier alpha value is -1.70. The molecule has 0 aromatic heterocycles. The molecule has 0 saturated heterocycles. The van der Waals surface area contributed by atoms with Crippen molar-refractivity contribution in [1.29, 1.82) is 0 Å². The van der Waals surface area contributed by atoms with Gasteiger partial charge in [0.2, 0.25) is 0 Å². The second-order valence-corrected chi connectivity index (χ2v) is 3.93. The normalized spacial score (nSPS) is 9.88. The van der Waals surface area contributed by atoms with E-state index in [2.05, 4.69) is 33.3 Å². The number of fused-ring (bicyclic) bond motifs is 1. The summed E-state index contributed by atoms with van der Waals surface area (Å²) in [5, 5.41) is 4.70. The predicted molar refractivity (Wildman–Crippen MR) is 73.0 cm³/mol. The van der Waals surface area contributed by atoms with Crippen LogP contribution in [-0.2, 0) is 0 Å². The van der Waals surface area contributed by atoms with Gasteiger partial charge in [-0.2, -0.15) is 4.99 Å². The Kier molecular flexibility index (Phi) is 3.00. The summed E-state index contributed by atoms with van der Waals surface area (Å²) in [5.74, 6) is 0. The molecule has 0 fully saturated rings. The number of thiocarbonyl (C=S) groups is 1. The zero-order valence-electron chi connectivity index (χ0n) is 9.27. The van der Waals surface area contributed by atoms with Crippen LogP contribution < -0.4 is 4.90 Å². The van der Waals surface area contributed by atoms with E-state index >= 15 is 0 Å². The first-order chi connectivity index (χ1) is 7.74. The fourth-order valence-electron chi connectivity index (χ4n) is 1.80. The standard InChI is InChI=1S/C13H12N2S/c1-15(2)13-8-7-12(14-9-16)10-5-3-4-6-11(10)13/h3-8H,1-2H3. The molecule has 3 heteroatoms. The summed E-state index contributed by atoms with van der Waals surface area (Å²) in [7, 11) is 4.06. The van der Waals surface area contributed by atoms with Gasteiger partial charge >= 0.3 is 0 Å². The lowest BCUT2D eigenvalue weighted by Crippen LogP contribution is -2.08. The van der Waals surface area contributed by atoms with E-state index in [1.165, 1.54) is 11.1 Å². The van der Waals surface area contributed by atoms with Crippen molar-refractivity contribution in [2.75, 3.05) is 19.0 Å². The topological polar surface area (TPSA) is 15.6 Å². The number of aliphatic imine (C=N–C) groups is 1. The summed E-state index contributed by atoms with van der Waals surface area (Å²) in [6.45, 7) is 0. The molecule has 2 aromatic rings. The Bertz CT molecular complexity index is 569. The molecule has 0 atom stereocenters. The molecule has 0 aliphatic carbocycles. The third-order valence-corrected chi connectivity index (χ3v) is 2.62. The lowest BCUT2D eigenvalue weighted by molar-refractivity contribution is 1.14. The minimum Gasteiger partial charge on any atom is -0.377 e. The highest BCUT2D eigenvalue weighted by Gasteiger charge is 2.05. The van der Waals surface area contributed by atoms with Crippen molar-refractivity contribution in [3.05, 3.63) is 36.4 Å². The molecule has 0 aliphatic rings. The molecule has 0 N–H and O–H groups in total. The second-order valence-electron chi connectivity index (χ2n) is 3.75. The number of hydrogen-bond donors (Lipinski definition) is 0. The summed E-state index contributed by atoms with van der Waals surface area (Å²) in [6, 6.07) is 12.2. The van der Waals surface area contributed by atoms with Crippen LogP contribution in [0.15, 0.2) is 41.4 Å². The molecule has 0 amide bonds. The molecule has 80 valence electrons. The Morgan fingerprint density at radius 3 is 2.38 bits per heavy atom. The molecule has 0 saturated carbocycles. The minimum absolute atomic E-state index is 0.871. The average molecular weight is 228 g/mol. The number of nitrogens with zero attached hydrogens (tertiary/aromatic N) is 2. The van der Waals surface area contributed by atoms with Crippen LogP contribution in [0, 0.1) is 0 Å². The zero-order chi connectivity index (χ0) is 11.5. The molecular formula is C13H12N2S. The predicted octanol–water partition coefficient (Wildman–Crippen LogP) is 3.64. The molecule has 16 heavy (non-hydrogen) atoms. The van der Waals surface area contributed by atoms with Crippen molar-refractivity contribution in [3.63, 3.8) is 0 Å². The SMILES string of the molecule is CN(C)c1ccc(N=C=S)c2ccccc12. The van der Waals surface area contributed by atoms with Crippen LogP contribution in [0.1, 0.15) is 0 Å². The number of anilines is 1. The summed E-state index contributed by atoms with van der Waals surface area (Å²) in [4.78, 5) is 6.17. The fraction of sp³-hybridized carbons (Fsp3) is 0.154. The highest BCUT2D eigenvalue weighted by Crippen LogP contribution is 2.32. The van der Waals surface area contributed by atoms with Gasteiger partial charge in [0, 0.05) is 30.6 Å². The maximum Gasteiger partial charge on any atom is 0.0819 e. The average Bonchev–Trinajstić information content (AvgIpc) is 2.29. The molecule has 0 radical (unpaired) electrons.